The van der Waals surface area contributed by atoms with Crippen molar-refractivity contribution >= 4 is 46.4 Å². The van der Waals surface area contributed by atoms with Crippen molar-refractivity contribution in [2.45, 2.75) is 32.6 Å². The van der Waals surface area contributed by atoms with Gasteiger partial charge in [-0.15, -0.1) is 0 Å². The molecule has 0 bridgehead atoms. The molecule has 2 aromatic carbocycles. The second kappa shape index (κ2) is 9.80. The van der Waals surface area contributed by atoms with E-state index in [2.05, 4.69) is 10.6 Å². The van der Waals surface area contributed by atoms with Gasteiger partial charge >= 0.3 is 0 Å². The molecule has 0 spiro atoms. The number of carbonyl (C=O) groups excluding carboxylic acids is 3. The number of fused-ring (bicyclic) bond motifs is 1. The normalized spacial score (nSPS) is 19.6. The minimum atomic E-state index is -0.575. The number of anilines is 2. The van der Waals surface area contributed by atoms with Crippen LogP contribution in [0.5, 0.6) is 0 Å². The minimum absolute atomic E-state index is 0.0707. The third-order valence-electron chi connectivity index (χ3n) is 6.49. The fourth-order valence-electron chi connectivity index (χ4n) is 4.66. The monoisotopic (exact) mass is 484 g/mol. The Balaban J connectivity index is 1.50. The molecule has 1 heterocycles. The number of halogens is 1. The SMILES string of the molecule is Cc1ccc(Cl)cc1NC(=O)c1cc([N+](=O)[O-])ccc1NCCN1C(=O)[C@H]2CCCC[C@@H]2C1=O. The summed E-state index contributed by atoms with van der Waals surface area (Å²) in [5.41, 5.74) is 1.48. The second-order valence-electron chi connectivity index (χ2n) is 8.65. The zero-order valence-electron chi connectivity index (χ0n) is 18.7. The van der Waals surface area contributed by atoms with Crippen LogP contribution in [0.2, 0.25) is 5.02 Å². The Morgan fingerprint density at radius 3 is 2.41 bits per heavy atom. The van der Waals surface area contributed by atoms with Crippen molar-refractivity contribution in [3.05, 3.63) is 62.7 Å². The number of amides is 3. The Hall–Kier alpha value is -3.46. The maximum Gasteiger partial charge on any atom is 0.270 e. The van der Waals surface area contributed by atoms with Crippen LogP contribution < -0.4 is 10.6 Å². The molecule has 1 saturated carbocycles. The van der Waals surface area contributed by atoms with E-state index in [1.165, 1.54) is 23.1 Å². The van der Waals surface area contributed by atoms with Crippen LogP contribution in [0.25, 0.3) is 0 Å². The number of carbonyl (C=O) groups is 3. The molecule has 2 aliphatic rings. The van der Waals surface area contributed by atoms with Gasteiger partial charge in [0.1, 0.15) is 0 Å². The van der Waals surface area contributed by atoms with E-state index in [9.17, 15) is 24.5 Å². The third-order valence-corrected chi connectivity index (χ3v) is 6.72. The summed E-state index contributed by atoms with van der Waals surface area (Å²) in [5, 5.41) is 17.5. The maximum atomic E-state index is 13.0. The number of nitrogens with zero attached hydrogens (tertiary/aromatic N) is 2. The lowest BCUT2D eigenvalue weighted by Gasteiger charge is -2.19. The zero-order valence-corrected chi connectivity index (χ0v) is 19.4. The van der Waals surface area contributed by atoms with Crippen molar-refractivity contribution in [1.29, 1.82) is 0 Å². The number of rotatable bonds is 7. The number of nitro groups is 1. The Bertz CT molecular complexity index is 1140. The number of nitrogens with one attached hydrogen (secondary N) is 2. The standard InChI is InChI=1S/C24H25ClN4O5/c1-14-6-7-15(25)12-21(14)27-22(30)19-13-16(29(33)34)8-9-20(19)26-10-11-28-23(31)17-4-2-3-5-18(17)24(28)32/h6-9,12-13,17-18,26H,2-5,10-11H2,1H3,(H,27,30)/t17-,18-/m0/s1. The van der Waals surface area contributed by atoms with E-state index in [4.69, 9.17) is 11.6 Å². The van der Waals surface area contributed by atoms with E-state index < -0.39 is 10.8 Å². The van der Waals surface area contributed by atoms with Crippen LogP contribution in [0.1, 0.15) is 41.6 Å². The van der Waals surface area contributed by atoms with Gasteiger partial charge in [-0.25, -0.2) is 0 Å². The fourth-order valence-corrected chi connectivity index (χ4v) is 4.83. The fraction of sp³-hybridized carbons (Fsp3) is 0.375. The van der Waals surface area contributed by atoms with Crippen LogP contribution in [0.3, 0.4) is 0 Å². The summed E-state index contributed by atoms with van der Waals surface area (Å²) in [5.74, 6) is -1.24. The molecule has 1 aliphatic carbocycles. The molecule has 0 unspecified atom stereocenters. The van der Waals surface area contributed by atoms with Crippen LogP contribution in [-0.2, 0) is 9.59 Å². The molecule has 1 saturated heterocycles. The maximum absolute atomic E-state index is 13.0. The van der Waals surface area contributed by atoms with Crippen LogP contribution in [0.4, 0.5) is 17.1 Å². The van der Waals surface area contributed by atoms with Gasteiger partial charge < -0.3 is 10.6 Å². The van der Waals surface area contributed by atoms with Gasteiger partial charge in [0.25, 0.3) is 11.6 Å². The summed E-state index contributed by atoms with van der Waals surface area (Å²) in [4.78, 5) is 50.4. The first kappa shape index (κ1) is 23.7. The van der Waals surface area contributed by atoms with Crippen molar-refractivity contribution in [3.63, 3.8) is 0 Å². The largest absolute Gasteiger partial charge is 0.383 e. The molecule has 0 aromatic heterocycles. The average molecular weight is 485 g/mol. The molecule has 2 fully saturated rings. The van der Waals surface area contributed by atoms with Crippen LogP contribution >= 0.6 is 11.6 Å². The summed E-state index contributed by atoms with van der Waals surface area (Å²) in [7, 11) is 0. The molecule has 2 N–H and O–H groups in total. The van der Waals surface area contributed by atoms with Gasteiger partial charge in [-0.05, 0) is 43.5 Å². The van der Waals surface area contributed by atoms with E-state index in [0.29, 0.717) is 16.4 Å². The van der Waals surface area contributed by atoms with Gasteiger partial charge in [0.2, 0.25) is 11.8 Å². The predicted octanol–water partition coefficient (Wildman–Crippen LogP) is 4.40. The number of hydrogen-bond acceptors (Lipinski definition) is 6. The van der Waals surface area contributed by atoms with Gasteiger partial charge in [-0.2, -0.15) is 0 Å². The number of aryl methyl sites for hydroxylation is 1. The quantitative estimate of drug-likeness (QED) is 0.341. The number of imide groups is 1. The Morgan fingerprint density at radius 1 is 1.09 bits per heavy atom. The molecule has 9 nitrogen and oxygen atoms in total. The molecular formula is C24H25ClN4O5. The molecular weight excluding hydrogens is 460 g/mol. The van der Waals surface area contributed by atoms with Crippen molar-refractivity contribution < 1.29 is 19.3 Å². The highest BCUT2D eigenvalue weighted by Gasteiger charge is 2.47. The Labute approximate surface area is 201 Å². The smallest absolute Gasteiger partial charge is 0.270 e. The van der Waals surface area contributed by atoms with E-state index in [1.807, 2.05) is 0 Å². The van der Waals surface area contributed by atoms with E-state index in [1.54, 1.807) is 25.1 Å². The number of likely N-dealkylation sites (tertiary alicyclic amines) is 1. The van der Waals surface area contributed by atoms with Gasteiger partial charge in [0.15, 0.2) is 0 Å². The summed E-state index contributed by atoms with van der Waals surface area (Å²) < 4.78 is 0. The topological polar surface area (TPSA) is 122 Å². The van der Waals surface area contributed by atoms with Gasteiger partial charge in [-0.3, -0.25) is 29.4 Å². The van der Waals surface area contributed by atoms with E-state index in [0.717, 1.165) is 31.2 Å². The molecule has 1 aliphatic heterocycles. The summed E-state index contributed by atoms with van der Waals surface area (Å²) in [6, 6.07) is 8.99. The zero-order chi connectivity index (χ0) is 24.4. The number of non-ortho nitro benzene ring substituents is 1. The first-order chi connectivity index (χ1) is 16.3. The molecule has 0 radical (unpaired) electrons. The highest BCUT2D eigenvalue weighted by atomic mass is 35.5. The summed E-state index contributed by atoms with van der Waals surface area (Å²) in [6.07, 6.45) is 3.41. The summed E-state index contributed by atoms with van der Waals surface area (Å²) >= 11 is 6.03. The van der Waals surface area contributed by atoms with Gasteiger partial charge in [0.05, 0.1) is 22.3 Å². The highest BCUT2D eigenvalue weighted by Crippen LogP contribution is 2.37. The molecule has 3 amide bonds. The van der Waals surface area contributed by atoms with Crippen LogP contribution in [0, 0.1) is 28.9 Å². The lowest BCUT2D eigenvalue weighted by atomic mass is 9.81. The molecule has 178 valence electrons. The number of hydrogen-bond donors (Lipinski definition) is 2. The third kappa shape index (κ3) is 4.75. The van der Waals surface area contributed by atoms with Crippen molar-refractivity contribution in [2.24, 2.45) is 11.8 Å². The molecule has 34 heavy (non-hydrogen) atoms. The Morgan fingerprint density at radius 2 is 1.76 bits per heavy atom. The van der Waals surface area contributed by atoms with Crippen molar-refractivity contribution in [3.8, 4) is 0 Å². The predicted molar refractivity (Wildman–Crippen MR) is 128 cm³/mol. The minimum Gasteiger partial charge on any atom is -0.383 e. The second-order valence-corrected chi connectivity index (χ2v) is 9.09. The molecule has 2 atom stereocenters. The Kier molecular flexibility index (Phi) is 6.83. The van der Waals surface area contributed by atoms with E-state index in [-0.39, 0.29) is 48.0 Å². The first-order valence-electron chi connectivity index (χ1n) is 11.2. The van der Waals surface area contributed by atoms with Crippen molar-refractivity contribution in [2.75, 3.05) is 23.7 Å². The van der Waals surface area contributed by atoms with E-state index >= 15 is 0 Å². The van der Waals surface area contributed by atoms with Crippen LogP contribution in [0.15, 0.2) is 36.4 Å². The lowest BCUT2D eigenvalue weighted by Crippen LogP contribution is -2.35. The first-order valence-corrected chi connectivity index (χ1v) is 11.6. The number of benzene rings is 2. The van der Waals surface area contributed by atoms with Gasteiger partial charge in [0, 0.05) is 41.6 Å². The average Bonchev–Trinajstić information content (AvgIpc) is 3.06. The highest BCUT2D eigenvalue weighted by molar-refractivity contribution is 6.31. The van der Waals surface area contributed by atoms with Gasteiger partial charge in [-0.1, -0.05) is 30.5 Å². The molecule has 4 rings (SSSR count). The number of nitro benzene ring substituents is 1. The van der Waals surface area contributed by atoms with Crippen molar-refractivity contribution in [1.82, 2.24) is 4.90 Å². The molecule has 10 heteroatoms. The lowest BCUT2D eigenvalue weighted by molar-refractivity contribution is -0.384. The van der Waals surface area contributed by atoms with Crippen LogP contribution in [-0.4, -0.2) is 40.6 Å². The summed E-state index contributed by atoms with van der Waals surface area (Å²) in [6.45, 7) is 2.18. The molecule has 2 aromatic rings.